The normalized spacial score (nSPS) is 26.8. The molecule has 0 aliphatic heterocycles. The number of hydrogen-bond donors (Lipinski definition) is 0. The van der Waals surface area contributed by atoms with Crippen molar-refractivity contribution in [2.24, 2.45) is 71.0 Å². The average Bonchev–Trinajstić information content (AvgIpc) is 3.52. The van der Waals surface area contributed by atoms with Crippen LogP contribution in [0, 0.1) is 71.0 Å². The summed E-state index contributed by atoms with van der Waals surface area (Å²) < 4.78 is 0. The lowest BCUT2D eigenvalue weighted by molar-refractivity contribution is 0.102. The molecule has 3 aliphatic rings. The Morgan fingerprint density at radius 3 is 0.929 bits per heavy atom. The molecule has 3 saturated carbocycles. The van der Waals surface area contributed by atoms with Gasteiger partial charge in [-0.15, -0.1) is 0 Å². The lowest BCUT2D eigenvalue weighted by atomic mass is 9.65. The van der Waals surface area contributed by atoms with Crippen LogP contribution in [0.25, 0.3) is 0 Å². The van der Waals surface area contributed by atoms with Crippen LogP contribution in [0.2, 0.25) is 0 Å². The highest BCUT2D eigenvalue weighted by molar-refractivity contribution is 5.27. The first-order chi connectivity index (χ1) is 19.5. The van der Waals surface area contributed by atoms with Crippen LogP contribution in [0.1, 0.15) is 172 Å². The second-order valence-corrected chi connectivity index (χ2v) is 17.3. The van der Waals surface area contributed by atoms with E-state index >= 15 is 0 Å². The van der Waals surface area contributed by atoms with Gasteiger partial charge in [0.2, 0.25) is 0 Å². The van der Waals surface area contributed by atoms with Gasteiger partial charge in [-0.05, 0) is 133 Å². The molecule has 4 rings (SSSR count). The summed E-state index contributed by atoms with van der Waals surface area (Å²) in [5.41, 5.74) is 2.89. The lowest BCUT2D eigenvalue weighted by Gasteiger charge is -2.40. The molecule has 0 N–H and O–H groups in total. The van der Waals surface area contributed by atoms with Crippen molar-refractivity contribution in [1.82, 2.24) is 0 Å². The molecule has 0 heteroatoms. The maximum absolute atomic E-state index is 2.37. The van der Waals surface area contributed by atoms with Gasteiger partial charge in [0.05, 0.1) is 0 Å². The fraction of sp³-hybridized carbons (Fsp3) is 0.857. The molecule has 246 valence electrons. The van der Waals surface area contributed by atoms with Gasteiger partial charge in [0.25, 0.3) is 0 Å². The summed E-state index contributed by atoms with van der Waals surface area (Å²) in [6, 6.07) is 8.88. The van der Waals surface area contributed by atoms with Crippen LogP contribution in [-0.2, 0) is 0 Å². The molecule has 1 aromatic carbocycles. The van der Waals surface area contributed by atoms with Crippen molar-refractivity contribution in [3.05, 3.63) is 35.4 Å². The summed E-state index contributed by atoms with van der Waals surface area (Å²) in [7, 11) is 0. The molecule has 4 unspecified atom stereocenters. The third-order valence-corrected chi connectivity index (χ3v) is 11.3. The monoisotopic (exact) mass is 583 g/mol. The summed E-state index contributed by atoms with van der Waals surface area (Å²) in [4.78, 5) is 0. The Morgan fingerprint density at radius 2 is 0.714 bits per heavy atom. The molecule has 0 amide bonds. The van der Waals surface area contributed by atoms with Gasteiger partial charge >= 0.3 is 0 Å². The highest BCUT2D eigenvalue weighted by Crippen LogP contribution is 2.48. The topological polar surface area (TPSA) is 0 Å². The van der Waals surface area contributed by atoms with E-state index in [0.717, 1.165) is 71.0 Å². The van der Waals surface area contributed by atoms with Gasteiger partial charge in [-0.25, -0.2) is 0 Å². The van der Waals surface area contributed by atoms with Crippen molar-refractivity contribution >= 4 is 0 Å². The van der Waals surface area contributed by atoms with E-state index in [1.807, 2.05) is 0 Å². The summed E-state index contributed by atoms with van der Waals surface area (Å²) in [6.07, 6.45) is 8.95. The Balaban J connectivity index is 0.000000281. The molecule has 0 aromatic heterocycles. The zero-order chi connectivity index (χ0) is 32.3. The van der Waals surface area contributed by atoms with E-state index in [-0.39, 0.29) is 0 Å². The number of rotatable bonds is 8. The zero-order valence-corrected chi connectivity index (χ0v) is 31.6. The fourth-order valence-corrected chi connectivity index (χ4v) is 7.11. The van der Waals surface area contributed by atoms with Crippen molar-refractivity contribution < 1.29 is 0 Å². The molecule has 3 aliphatic carbocycles. The maximum atomic E-state index is 2.37. The quantitative estimate of drug-likeness (QED) is 0.286. The third-order valence-electron chi connectivity index (χ3n) is 11.3. The summed E-state index contributed by atoms with van der Waals surface area (Å²) in [5, 5.41) is 0. The summed E-state index contributed by atoms with van der Waals surface area (Å²) in [5.74, 6) is 13.1. The van der Waals surface area contributed by atoms with E-state index in [1.165, 1.54) is 49.7 Å². The molecule has 1 aromatic rings. The van der Waals surface area contributed by atoms with E-state index in [4.69, 9.17) is 0 Å². The van der Waals surface area contributed by atoms with Gasteiger partial charge in [0.1, 0.15) is 0 Å². The van der Waals surface area contributed by atoms with Gasteiger partial charge in [-0.3, -0.25) is 0 Å². The molecule has 0 bridgehead atoms. The molecule has 0 spiro atoms. The standard InChI is InChI=1S/C12H18.C11H22.C10H20.C9H18/c1-9(2)11-6-5-7-12(8-11)10(3)4;1-8(2)10-5-6-11(7-10)9(3)4;1-7(2)9-5-10(6-9)8(3)4;1-6(2)8-5-9(8)7(3)4/h5-10H,1-4H3;8-11H,5-7H2,1-4H3;7-10H,5-6H2,1-4H3;6-9H,5H2,1-4H3. The van der Waals surface area contributed by atoms with E-state index in [1.54, 1.807) is 0 Å². The largest absolute Gasteiger partial charge is 0.0625 e. The summed E-state index contributed by atoms with van der Waals surface area (Å²) in [6.45, 7) is 37.2. The van der Waals surface area contributed by atoms with E-state index in [0.29, 0.717) is 11.8 Å². The SMILES string of the molecule is CC(C)C1CC(C(C)C)C1.CC(C)C1CC1C(C)C.CC(C)C1CCC(C(C)C)C1.CC(C)c1cccc(C(C)C)c1. The van der Waals surface area contributed by atoms with Crippen LogP contribution < -0.4 is 0 Å². The Labute approximate surface area is 267 Å². The van der Waals surface area contributed by atoms with Crippen LogP contribution in [0.5, 0.6) is 0 Å². The molecular weight excluding hydrogens is 504 g/mol. The minimum absolute atomic E-state index is 0.642. The smallest absolute Gasteiger partial charge is 0.0219 e. The van der Waals surface area contributed by atoms with E-state index in [2.05, 4.69) is 135 Å². The molecule has 0 saturated heterocycles. The Morgan fingerprint density at radius 1 is 0.405 bits per heavy atom. The first-order valence-corrected chi connectivity index (χ1v) is 18.6. The predicted molar refractivity (Wildman–Crippen MR) is 192 cm³/mol. The van der Waals surface area contributed by atoms with Gasteiger partial charge in [0.15, 0.2) is 0 Å². The van der Waals surface area contributed by atoms with E-state index < -0.39 is 0 Å². The number of hydrogen-bond acceptors (Lipinski definition) is 0. The first-order valence-electron chi connectivity index (χ1n) is 18.6. The Bertz CT molecular complexity index is 755. The van der Waals surface area contributed by atoms with Crippen LogP contribution in [0.4, 0.5) is 0 Å². The van der Waals surface area contributed by atoms with Gasteiger partial charge < -0.3 is 0 Å². The first kappa shape index (κ1) is 39.2. The zero-order valence-electron chi connectivity index (χ0n) is 31.6. The number of benzene rings is 1. The molecular formula is C42H78. The predicted octanol–water partition coefficient (Wildman–Crippen LogP) is 13.9. The molecule has 0 heterocycles. The van der Waals surface area contributed by atoms with E-state index in [9.17, 15) is 0 Å². The van der Waals surface area contributed by atoms with Crippen molar-refractivity contribution in [3.63, 3.8) is 0 Å². The second-order valence-electron chi connectivity index (χ2n) is 17.3. The van der Waals surface area contributed by atoms with Crippen LogP contribution >= 0.6 is 0 Å². The third kappa shape index (κ3) is 13.9. The molecule has 3 fully saturated rings. The van der Waals surface area contributed by atoms with Gasteiger partial charge in [-0.1, -0.05) is 135 Å². The second kappa shape index (κ2) is 18.9. The molecule has 0 nitrogen and oxygen atoms in total. The Kier molecular flexibility index (Phi) is 17.7. The van der Waals surface area contributed by atoms with Crippen molar-refractivity contribution in [2.75, 3.05) is 0 Å². The van der Waals surface area contributed by atoms with Crippen molar-refractivity contribution in [2.45, 2.75) is 161 Å². The fourth-order valence-electron chi connectivity index (χ4n) is 7.11. The molecule has 0 radical (unpaired) electrons. The maximum Gasteiger partial charge on any atom is -0.0219 e. The van der Waals surface area contributed by atoms with Crippen LogP contribution in [0.15, 0.2) is 24.3 Å². The summed E-state index contributed by atoms with van der Waals surface area (Å²) >= 11 is 0. The minimum Gasteiger partial charge on any atom is -0.0625 e. The van der Waals surface area contributed by atoms with Crippen LogP contribution in [0.3, 0.4) is 0 Å². The average molecular weight is 583 g/mol. The molecule has 42 heavy (non-hydrogen) atoms. The van der Waals surface area contributed by atoms with Gasteiger partial charge in [-0.2, -0.15) is 0 Å². The molecule has 4 atom stereocenters. The Hall–Kier alpha value is -0.780. The van der Waals surface area contributed by atoms with Crippen molar-refractivity contribution in [1.29, 1.82) is 0 Å². The van der Waals surface area contributed by atoms with Crippen molar-refractivity contribution in [3.8, 4) is 0 Å². The highest BCUT2D eigenvalue weighted by atomic mass is 14.5. The van der Waals surface area contributed by atoms with Gasteiger partial charge in [0, 0.05) is 0 Å². The lowest BCUT2D eigenvalue weighted by Crippen LogP contribution is -2.30. The highest BCUT2D eigenvalue weighted by Gasteiger charge is 2.40. The minimum atomic E-state index is 0.642. The van der Waals surface area contributed by atoms with Crippen LogP contribution in [-0.4, -0.2) is 0 Å².